The van der Waals surface area contributed by atoms with Crippen LogP contribution in [0.2, 0.25) is 0 Å². The summed E-state index contributed by atoms with van der Waals surface area (Å²) in [4.78, 5) is 66.7. The van der Waals surface area contributed by atoms with E-state index in [1.807, 2.05) is 0 Å². The molecule has 0 aliphatic carbocycles. The number of ether oxygens (including phenoxy) is 1. The summed E-state index contributed by atoms with van der Waals surface area (Å²) in [6.45, 7) is 6.42. The van der Waals surface area contributed by atoms with Crippen LogP contribution in [-0.4, -0.2) is 51.7 Å². The second-order valence-corrected chi connectivity index (χ2v) is 9.88. The van der Waals surface area contributed by atoms with Crippen molar-refractivity contribution in [3.63, 3.8) is 0 Å². The van der Waals surface area contributed by atoms with Crippen LogP contribution in [0.4, 0.5) is 4.39 Å². The highest BCUT2D eigenvalue weighted by atomic mass is 32.2. The Morgan fingerprint density at radius 1 is 1.24 bits per heavy atom. The summed E-state index contributed by atoms with van der Waals surface area (Å²) in [5, 5.41) is 7.58. The summed E-state index contributed by atoms with van der Waals surface area (Å²) in [6.07, 6.45) is 4.29. The van der Waals surface area contributed by atoms with Crippen molar-refractivity contribution in [3.05, 3.63) is 53.3 Å². The van der Waals surface area contributed by atoms with E-state index in [4.69, 9.17) is 4.74 Å². The van der Waals surface area contributed by atoms with Crippen LogP contribution in [0.25, 0.3) is 0 Å². The molecule has 2 rings (SSSR count). The Bertz CT molecular complexity index is 1120. The number of thioether (sulfide) groups is 1. The van der Waals surface area contributed by atoms with E-state index in [1.165, 1.54) is 24.8 Å². The Morgan fingerprint density at radius 2 is 1.97 bits per heavy atom. The molecule has 0 aromatic carbocycles. The molecule has 0 saturated heterocycles. The smallest absolute Gasteiger partial charge is 0.329 e. The lowest BCUT2D eigenvalue weighted by atomic mass is 10.0. The lowest BCUT2D eigenvalue weighted by molar-refractivity contribution is -0.153. The first-order valence-corrected chi connectivity index (χ1v) is 13.3. The van der Waals surface area contributed by atoms with Gasteiger partial charge >= 0.3 is 5.97 Å². The predicted octanol–water partition coefficient (Wildman–Crippen LogP) is 2.54. The number of pyridine rings is 1. The van der Waals surface area contributed by atoms with Gasteiger partial charge in [0.25, 0.3) is 11.8 Å². The lowest BCUT2D eigenvalue weighted by Gasteiger charge is -2.24. The van der Waals surface area contributed by atoms with E-state index < -0.39 is 41.7 Å². The molecule has 1 aromatic rings. The summed E-state index contributed by atoms with van der Waals surface area (Å²) in [5.41, 5.74) is -0.460. The van der Waals surface area contributed by atoms with Gasteiger partial charge in [0.05, 0.1) is 18.7 Å². The summed E-state index contributed by atoms with van der Waals surface area (Å²) in [5.74, 6) is -3.39. The molecular weight excluding hydrogens is 515 g/mol. The third-order valence-electron chi connectivity index (χ3n) is 5.43. The monoisotopic (exact) mass is 548 g/mol. The molecule has 0 saturated carbocycles. The molecule has 2 heterocycles. The molecule has 2 bridgehead atoms. The van der Waals surface area contributed by atoms with E-state index in [9.17, 15) is 28.4 Å². The van der Waals surface area contributed by atoms with Crippen molar-refractivity contribution >= 4 is 40.6 Å². The van der Waals surface area contributed by atoms with Gasteiger partial charge in [-0.15, -0.1) is 0 Å². The van der Waals surface area contributed by atoms with Gasteiger partial charge in [-0.1, -0.05) is 44.7 Å². The molecule has 0 fully saturated rings. The first kappa shape index (κ1) is 30.7. The summed E-state index contributed by atoms with van der Waals surface area (Å²) < 4.78 is 19.9. The fourth-order valence-corrected chi connectivity index (χ4v) is 3.98. The Labute approximate surface area is 225 Å². The maximum absolute atomic E-state index is 14.3. The number of hydrogen-bond donors (Lipinski definition) is 3. The zero-order valence-corrected chi connectivity index (χ0v) is 22.7. The minimum Gasteiger partial charge on any atom is -0.456 e. The average molecular weight is 549 g/mol. The van der Waals surface area contributed by atoms with Gasteiger partial charge in [0.15, 0.2) is 5.12 Å². The van der Waals surface area contributed by atoms with Crippen molar-refractivity contribution in [3.8, 4) is 0 Å². The highest BCUT2D eigenvalue weighted by molar-refractivity contribution is 8.13. The number of hydrogen-bond acceptors (Lipinski definition) is 8. The van der Waals surface area contributed by atoms with Crippen LogP contribution < -0.4 is 16.0 Å². The van der Waals surface area contributed by atoms with Crippen LogP contribution in [0.5, 0.6) is 0 Å². The minimum atomic E-state index is -1.07. The van der Waals surface area contributed by atoms with Gasteiger partial charge < -0.3 is 20.7 Å². The van der Waals surface area contributed by atoms with Crippen molar-refractivity contribution in [2.45, 2.75) is 65.6 Å². The van der Waals surface area contributed by atoms with Crippen molar-refractivity contribution in [2.24, 2.45) is 5.92 Å². The molecule has 0 unspecified atom stereocenters. The van der Waals surface area contributed by atoms with Crippen molar-refractivity contribution in [1.82, 2.24) is 20.9 Å². The van der Waals surface area contributed by atoms with E-state index in [0.717, 1.165) is 12.1 Å². The average Bonchev–Trinajstić information content (AvgIpc) is 2.88. The highest BCUT2D eigenvalue weighted by Gasteiger charge is 2.30. The van der Waals surface area contributed by atoms with Gasteiger partial charge in [0, 0.05) is 12.2 Å². The van der Waals surface area contributed by atoms with Crippen molar-refractivity contribution in [2.75, 3.05) is 5.75 Å². The lowest BCUT2D eigenvalue weighted by Crippen LogP contribution is -2.48. The first-order chi connectivity index (χ1) is 18.0. The van der Waals surface area contributed by atoms with E-state index in [1.54, 1.807) is 32.9 Å². The maximum atomic E-state index is 14.3. The summed E-state index contributed by atoms with van der Waals surface area (Å²) in [7, 11) is 0. The quantitative estimate of drug-likeness (QED) is 0.213. The van der Waals surface area contributed by atoms with Gasteiger partial charge in [0.1, 0.15) is 29.4 Å². The normalized spacial score (nSPS) is 20.7. The van der Waals surface area contributed by atoms with Crippen molar-refractivity contribution in [1.29, 1.82) is 0 Å². The number of nitrogens with one attached hydrogen (secondary N) is 3. The van der Waals surface area contributed by atoms with Crippen LogP contribution in [0.15, 0.2) is 36.1 Å². The Hall–Kier alpha value is -3.54. The zero-order valence-electron chi connectivity index (χ0n) is 21.8. The second-order valence-electron chi connectivity index (χ2n) is 8.72. The van der Waals surface area contributed by atoms with Gasteiger partial charge in [-0.25, -0.2) is 14.2 Å². The second kappa shape index (κ2) is 15.0. The number of nitrogens with zero attached hydrogens (tertiary/aromatic N) is 1. The topological polar surface area (TPSA) is 144 Å². The Morgan fingerprint density at radius 3 is 2.63 bits per heavy atom. The van der Waals surface area contributed by atoms with Crippen LogP contribution in [0, 0.1) is 11.7 Å². The molecular formula is C26H33FN4O6S. The van der Waals surface area contributed by atoms with E-state index in [0.29, 0.717) is 18.6 Å². The Kier molecular flexibility index (Phi) is 12.1. The highest BCUT2D eigenvalue weighted by Crippen LogP contribution is 2.13. The van der Waals surface area contributed by atoms with Gasteiger partial charge in [-0.05, 0) is 37.5 Å². The standard InChI is InChI=1S/C26H33FN4O6S/c1-5-18-24(34)31-23(15(3)4)26(36)37-16(9-7-8-12-38-22(33)6-2)13-21(32)28-14-20-17(27)10-11-19(29-20)25(35)30-18/h5,7,9-11,15-16,23H,6,8,12-14H2,1-4H3,(H,28,32)(H,30,35)(H,31,34)/b9-7+,18-5-/t16-,23+/m1/s1. The molecule has 0 spiro atoms. The SMILES string of the molecule is C/C=C1\NC(=O)c2ccc(F)c(n2)CNC(=O)C[C@@H](/C=C/CCSC(=O)CC)OC(=O)[C@H](C(C)C)NC1=O. The minimum absolute atomic E-state index is 0.0611. The molecule has 2 atom stereocenters. The Balaban J connectivity index is 2.35. The molecule has 1 aliphatic rings. The van der Waals surface area contributed by atoms with Crippen molar-refractivity contribution < 1.29 is 33.1 Å². The van der Waals surface area contributed by atoms with Crippen LogP contribution in [0.1, 0.15) is 63.1 Å². The summed E-state index contributed by atoms with van der Waals surface area (Å²) in [6, 6.07) is 1.13. The number of allylic oxidation sites excluding steroid dienone is 2. The predicted molar refractivity (Wildman–Crippen MR) is 140 cm³/mol. The molecule has 3 N–H and O–H groups in total. The number of esters is 1. The fraction of sp³-hybridized carbons (Fsp3) is 0.462. The number of carbonyl (C=O) groups excluding carboxylic acids is 5. The first-order valence-electron chi connectivity index (χ1n) is 12.3. The van der Waals surface area contributed by atoms with E-state index in [2.05, 4.69) is 20.9 Å². The van der Waals surface area contributed by atoms with Gasteiger partial charge in [-0.2, -0.15) is 0 Å². The molecule has 1 aromatic heterocycles. The number of rotatable bonds is 6. The van der Waals surface area contributed by atoms with E-state index in [-0.39, 0.29) is 41.1 Å². The summed E-state index contributed by atoms with van der Waals surface area (Å²) >= 11 is 1.19. The van der Waals surface area contributed by atoms with Gasteiger partial charge in [0.2, 0.25) is 5.91 Å². The number of halogens is 1. The number of carbonyl (C=O) groups is 5. The third-order valence-corrected chi connectivity index (χ3v) is 6.48. The molecule has 0 radical (unpaired) electrons. The molecule has 10 nitrogen and oxygen atoms in total. The molecule has 38 heavy (non-hydrogen) atoms. The molecule has 3 amide bonds. The third kappa shape index (κ3) is 9.40. The van der Waals surface area contributed by atoms with E-state index >= 15 is 0 Å². The number of cyclic esters (lactones) is 1. The zero-order chi connectivity index (χ0) is 28.2. The fourth-order valence-electron chi connectivity index (χ4n) is 3.30. The molecule has 12 heteroatoms. The number of aromatic nitrogens is 1. The number of amides is 3. The number of fused-ring (bicyclic) bond motifs is 2. The van der Waals surface area contributed by atoms with Crippen LogP contribution in [0.3, 0.4) is 0 Å². The van der Waals surface area contributed by atoms with Crippen LogP contribution in [-0.2, 0) is 30.5 Å². The molecule has 1 aliphatic heterocycles. The van der Waals surface area contributed by atoms with Crippen LogP contribution >= 0.6 is 11.8 Å². The maximum Gasteiger partial charge on any atom is 0.329 e. The largest absolute Gasteiger partial charge is 0.456 e. The molecule has 206 valence electrons. The van der Waals surface area contributed by atoms with Gasteiger partial charge in [-0.3, -0.25) is 19.2 Å².